The van der Waals surface area contributed by atoms with Crippen molar-refractivity contribution in [1.29, 1.82) is 0 Å². The molecule has 0 rings (SSSR count). The van der Waals surface area contributed by atoms with Gasteiger partial charge < -0.3 is 4.90 Å². The van der Waals surface area contributed by atoms with Crippen LogP contribution in [0.2, 0.25) is 0 Å². The molecule has 68 valence electrons. The second kappa shape index (κ2) is 4.69. The molecule has 0 aromatic rings. The lowest BCUT2D eigenvalue weighted by Crippen LogP contribution is -2.32. The highest BCUT2D eigenvalue weighted by Crippen LogP contribution is 1.79. The average molecular weight is 180 g/mol. The molecule has 0 atom stereocenters. The third-order valence-electron chi connectivity index (χ3n) is 1.40. The van der Waals surface area contributed by atoms with Crippen molar-refractivity contribution in [3.8, 4) is 0 Å². The van der Waals surface area contributed by atoms with E-state index in [-0.39, 0.29) is 0 Å². The van der Waals surface area contributed by atoms with Crippen LogP contribution in [0.15, 0.2) is 0 Å². The first-order chi connectivity index (χ1) is 4.95. The summed E-state index contributed by atoms with van der Waals surface area (Å²) in [4.78, 5) is 2.04. The van der Waals surface area contributed by atoms with E-state index in [1.54, 1.807) is 0 Å². The zero-order valence-corrected chi connectivity index (χ0v) is 8.11. The van der Waals surface area contributed by atoms with E-state index in [0.717, 1.165) is 13.1 Å². The summed E-state index contributed by atoms with van der Waals surface area (Å²) in [6.07, 6.45) is 1.17. The molecule has 0 aliphatic rings. The Morgan fingerprint density at radius 1 is 1.45 bits per heavy atom. The fourth-order valence-corrected chi connectivity index (χ4v) is 1.04. The van der Waals surface area contributed by atoms with Gasteiger partial charge >= 0.3 is 0 Å². The molecule has 11 heavy (non-hydrogen) atoms. The lowest BCUT2D eigenvalue weighted by molar-refractivity contribution is 0.358. The maximum absolute atomic E-state index is 10.6. The first kappa shape index (κ1) is 10.9. The van der Waals surface area contributed by atoms with Crippen molar-refractivity contribution in [2.24, 2.45) is 0 Å². The Labute approximate surface area is 68.6 Å². The van der Waals surface area contributed by atoms with Crippen LogP contribution < -0.4 is 4.72 Å². The lowest BCUT2D eigenvalue weighted by atomic mass is 10.5. The molecule has 5 heteroatoms. The van der Waals surface area contributed by atoms with Gasteiger partial charge in [0.1, 0.15) is 0 Å². The summed E-state index contributed by atoms with van der Waals surface area (Å²) in [7, 11) is -1.06. The Morgan fingerprint density at radius 3 is 2.36 bits per heavy atom. The molecule has 0 spiro atoms. The molecule has 0 amide bonds. The zero-order valence-electron chi connectivity index (χ0n) is 7.29. The highest BCUT2D eigenvalue weighted by molar-refractivity contribution is 7.88. The van der Waals surface area contributed by atoms with E-state index in [4.69, 9.17) is 0 Å². The average Bonchev–Trinajstić information content (AvgIpc) is 1.85. The van der Waals surface area contributed by atoms with E-state index >= 15 is 0 Å². The van der Waals surface area contributed by atoms with Crippen LogP contribution in [0, 0.1) is 0 Å². The molecule has 0 radical (unpaired) electrons. The zero-order chi connectivity index (χ0) is 8.91. The first-order valence-electron chi connectivity index (χ1n) is 3.59. The van der Waals surface area contributed by atoms with Crippen molar-refractivity contribution in [1.82, 2.24) is 9.62 Å². The smallest absolute Gasteiger partial charge is 0.208 e. The fourth-order valence-electron chi connectivity index (χ4n) is 0.580. The molecule has 1 N–H and O–H groups in total. The number of hydrogen-bond acceptors (Lipinski definition) is 3. The van der Waals surface area contributed by atoms with Gasteiger partial charge in [0, 0.05) is 13.1 Å². The van der Waals surface area contributed by atoms with E-state index in [1.807, 2.05) is 18.9 Å². The standard InChI is InChI=1S/C6H16N2O2S/c1-4-8(2)6-5-7-11(3,9)10/h7H,4-6H2,1-3H3. The van der Waals surface area contributed by atoms with Crippen LogP contribution in [0.4, 0.5) is 0 Å². The van der Waals surface area contributed by atoms with Gasteiger partial charge in [0.2, 0.25) is 10.0 Å². The third-order valence-corrected chi connectivity index (χ3v) is 2.13. The summed E-state index contributed by atoms with van der Waals surface area (Å²) >= 11 is 0. The molecule has 0 aliphatic carbocycles. The van der Waals surface area contributed by atoms with Crippen LogP contribution in [0.1, 0.15) is 6.92 Å². The van der Waals surface area contributed by atoms with Crippen LogP contribution in [0.5, 0.6) is 0 Å². The van der Waals surface area contributed by atoms with Crippen molar-refractivity contribution >= 4 is 10.0 Å². The van der Waals surface area contributed by atoms with Gasteiger partial charge in [-0.05, 0) is 13.6 Å². The van der Waals surface area contributed by atoms with Crippen molar-refractivity contribution in [3.05, 3.63) is 0 Å². The van der Waals surface area contributed by atoms with Crippen molar-refractivity contribution < 1.29 is 8.42 Å². The Balaban J connectivity index is 3.43. The van der Waals surface area contributed by atoms with Gasteiger partial charge in [-0.25, -0.2) is 13.1 Å². The number of rotatable bonds is 5. The van der Waals surface area contributed by atoms with Crippen molar-refractivity contribution in [3.63, 3.8) is 0 Å². The number of hydrogen-bond donors (Lipinski definition) is 1. The predicted octanol–water partition coefficient (Wildman–Crippen LogP) is -0.513. The molecule has 0 aromatic heterocycles. The molecule has 0 bridgehead atoms. The summed E-state index contributed by atoms with van der Waals surface area (Å²) in [5.74, 6) is 0. The highest BCUT2D eigenvalue weighted by Gasteiger charge is 1.99. The maximum Gasteiger partial charge on any atom is 0.208 e. The van der Waals surface area contributed by atoms with Crippen LogP contribution in [0.25, 0.3) is 0 Å². The summed E-state index contributed by atoms with van der Waals surface area (Å²) in [5, 5.41) is 0. The SMILES string of the molecule is CCN(C)CCNS(C)(=O)=O. The normalized spacial score (nSPS) is 12.4. The monoisotopic (exact) mass is 180 g/mol. The minimum atomic E-state index is -3.00. The van der Waals surface area contributed by atoms with Gasteiger partial charge in [0.05, 0.1) is 6.26 Å². The molecule has 4 nitrogen and oxygen atoms in total. The minimum Gasteiger partial charge on any atom is -0.305 e. The molecule has 0 aliphatic heterocycles. The Kier molecular flexibility index (Phi) is 4.63. The second-order valence-corrected chi connectivity index (χ2v) is 4.40. The summed E-state index contributed by atoms with van der Waals surface area (Å²) in [5.41, 5.74) is 0. The number of likely N-dealkylation sites (N-methyl/N-ethyl adjacent to an activating group) is 1. The summed E-state index contributed by atoms with van der Waals surface area (Å²) in [6.45, 7) is 4.21. The summed E-state index contributed by atoms with van der Waals surface area (Å²) < 4.78 is 23.6. The number of nitrogens with one attached hydrogen (secondary N) is 1. The Bertz CT molecular complexity index is 189. The van der Waals surface area contributed by atoms with Crippen LogP contribution >= 0.6 is 0 Å². The molecular formula is C6H16N2O2S. The second-order valence-electron chi connectivity index (χ2n) is 2.56. The largest absolute Gasteiger partial charge is 0.305 e. The van der Waals surface area contributed by atoms with Crippen LogP contribution in [-0.4, -0.2) is 46.3 Å². The van der Waals surface area contributed by atoms with E-state index in [1.165, 1.54) is 6.26 Å². The Morgan fingerprint density at radius 2 is 2.00 bits per heavy atom. The summed E-state index contributed by atoms with van der Waals surface area (Å²) in [6, 6.07) is 0. The van der Waals surface area contributed by atoms with Gasteiger partial charge in [-0.15, -0.1) is 0 Å². The number of sulfonamides is 1. The van der Waals surface area contributed by atoms with Gasteiger partial charge in [-0.1, -0.05) is 6.92 Å². The maximum atomic E-state index is 10.6. The highest BCUT2D eigenvalue weighted by atomic mass is 32.2. The molecule has 0 fully saturated rings. The molecule has 0 aromatic carbocycles. The van der Waals surface area contributed by atoms with Gasteiger partial charge in [0.15, 0.2) is 0 Å². The van der Waals surface area contributed by atoms with Crippen LogP contribution in [0.3, 0.4) is 0 Å². The molecular weight excluding hydrogens is 164 g/mol. The Hall–Kier alpha value is -0.130. The first-order valence-corrected chi connectivity index (χ1v) is 5.48. The van der Waals surface area contributed by atoms with Crippen molar-refractivity contribution in [2.45, 2.75) is 6.92 Å². The van der Waals surface area contributed by atoms with Crippen LogP contribution in [-0.2, 0) is 10.0 Å². The fraction of sp³-hybridized carbons (Fsp3) is 1.00. The van der Waals surface area contributed by atoms with E-state index in [9.17, 15) is 8.42 Å². The van der Waals surface area contributed by atoms with E-state index < -0.39 is 10.0 Å². The topological polar surface area (TPSA) is 49.4 Å². The molecule has 0 heterocycles. The van der Waals surface area contributed by atoms with Gasteiger partial charge in [-0.3, -0.25) is 0 Å². The third kappa shape index (κ3) is 7.77. The lowest BCUT2D eigenvalue weighted by Gasteiger charge is -2.12. The molecule has 0 unspecified atom stereocenters. The molecule has 0 saturated carbocycles. The van der Waals surface area contributed by atoms with Gasteiger partial charge in [-0.2, -0.15) is 0 Å². The minimum absolute atomic E-state index is 0.489. The van der Waals surface area contributed by atoms with E-state index in [0.29, 0.717) is 6.54 Å². The van der Waals surface area contributed by atoms with E-state index in [2.05, 4.69) is 4.72 Å². The van der Waals surface area contributed by atoms with Crippen molar-refractivity contribution in [2.75, 3.05) is 32.9 Å². The molecule has 0 saturated heterocycles. The quantitative estimate of drug-likeness (QED) is 0.620. The predicted molar refractivity (Wildman–Crippen MR) is 46.0 cm³/mol. The number of nitrogens with zero attached hydrogens (tertiary/aromatic N) is 1. The van der Waals surface area contributed by atoms with Gasteiger partial charge in [0.25, 0.3) is 0 Å².